The van der Waals surface area contributed by atoms with E-state index in [0.29, 0.717) is 35.1 Å². The van der Waals surface area contributed by atoms with Gasteiger partial charge in [0.15, 0.2) is 5.69 Å². The number of fused-ring (bicyclic) bond motifs is 1. The number of aromatic nitrogens is 4. The Balaban J connectivity index is 1.79. The van der Waals surface area contributed by atoms with Crippen LogP contribution < -0.4 is 0 Å². The molecule has 0 radical (unpaired) electrons. The van der Waals surface area contributed by atoms with Crippen molar-refractivity contribution < 1.29 is 18.8 Å². The molecule has 25 heavy (non-hydrogen) atoms. The lowest BCUT2D eigenvalue weighted by Crippen LogP contribution is -2.21. The molecule has 1 unspecified atom stereocenters. The topological polar surface area (TPSA) is 91.8 Å². The van der Waals surface area contributed by atoms with E-state index >= 15 is 0 Å². The van der Waals surface area contributed by atoms with Gasteiger partial charge in [0.05, 0.1) is 17.7 Å². The van der Waals surface area contributed by atoms with E-state index in [0.717, 1.165) is 12.8 Å². The lowest BCUT2D eigenvalue weighted by molar-refractivity contribution is 0.00767. The molecule has 0 spiro atoms. The molecule has 0 aromatic carbocycles. The normalized spacial score (nSPS) is 20.2. The second kappa shape index (κ2) is 5.96. The lowest BCUT2D eigenvalue weighted by Gasteiger charge is -2.17. The van der Waals surface area contributed by atoms with Gasteiger partial charge in [0.2, 0.25) is 5.82 Å². The fourth-order valence-corrected chi connectivity index (χ4v) is 3.06. The average Bonchev–Trinajstić information content (AvgIpc) is 3.33. The number of esters is 1. The van der Waals surface area contributed by atoms with Crippen LogP contribution >= 0.6 is 0 Å². The van der Waals surface area contributed by atoms with Gasteiger partial charge in [0.1, 0.15) is 5.60 Å². The Labute approximate surface area is 143 Å². The van der Waals surface area contributed by atoms with Crippen LogP contribution in [0, 0.1) is 0 Å². The van der Waals surface area contributed by atoms with Crippen LogP contribution in [0.5, 0.6) is 0 Å². The molecule has 8 nitrogen and oxygen atoms in total. The van der Waals surface area contributed by atoms with Gasteiger partial charge in [-0.15, -0.1) is 0 Å². The van der Waals surface area contributed by atoms with Crippen LogP contribution in [0.1, 0.15) is 43.0 Å². The van der Waals surface area contributed by atoms with Crippen molar-refractivity contribution in [3.05, 3.63) is 35.9 Å². The first-order valence-corrected chi connectivity index (χ1v) is 8.25. The Morgan fingerprint density at radius 2 is 2.36 bits per heavy atom. The van der Waals surface area contributed by atoms with E-state index < -0.39 is 11.6 Å². The first-order valence-electron chi connectivity index (χ1n) is 8.25. The molecule has 1 atom stereocenters. The monoisotopic (exact) mass is 342 g/mol. The molecular weight excluding hydrogens is 324 g/mol. The minimum Gasteiger partial charge on any atom is -0.461 e. The van der Waals surface area contributed by atoms with Crippen molar-refractivity contribution in [1.82, 2.24) is 19.8 Å². The number of hydrogen-bond donors (Lipinski definition) is 0. The summed E-state index contributed by atoms with van der Waals surface area (Å²) in [5.74, 6) is 0.391. The van der Waals surface area contributed by atoms with E-state index in [1.54, 1.807) is 25.3 Å². The molecule has 4 rings (SSSR count). The summed E-state index contributed by atoms with van der Waals surface area (Å²) in [5.41, 5.74) is 1.12. The fourth-order valence-electron chi connectivity index (χ4n) is 3.06. The predicted molar refractivity (Wildman–Crippen MR) is 87.0 cm³/mol. The number of ether oxygens (including phenoxy) is 2. The summed E-state index contributed by atoms with van der Waals surface area (Å²) in [7, 11) is 0. The standard InChI is InChI=1S/C17H18N4O4/c1-3-23-15(22)13-10-11(12-6-4-8-18-21(12)13)14-19-16(20-25-14)17(2)7-5-9-24-17/h4,6,8,10H,3,5,7,9H2,1-2H3. The fraction of sp³-hybridized carbons (Fsp3) is 0.412. The van der Waals surface area contributed by atoms with Gasteiger partial charge in [-0.05, 0) is 44.9 Å². The zero-order chi connectivity index (χ0) is 17.4. The Bertz CT molecular complexity index is 924. The highest BCUT2D eigenvalue weighted by molar-refractivity contribution is 5.93. The molecule has 1 aliphatic heterocycles. The average molecular weight is 342 g/mol. The molecular formula is C17H18N4O4. The molecule has 4 heterocycles. The number of hydrogen-bond acceptors (Lipinski definition) is 7. The molecule has 3 aromatic heterocycles. The van der Waals surface area contributed by atoms with E-state index in [2.05, 4.69) is 15.2 Å². The van der Waals surface area contributed by atoms with E-state index in [9.17, 15) is 4.79 Å². The summed E-state index contributed by atoms with van der Waals surface area (Å²) in [6, 6.07) is 5.28. The zero-order valence-electron chi connectivity index (χ0n) is 14.1. The first kappa shape index (κ1) is 15.8. The van der Waals surface area contributed by atoms with Crippen LogP contribution in [0.3, 0.4) is 0 Å². The lowest BCUT2D eigenvalue weighted by atomic mass is 10.0. The van der Waals surface area contributed by atoms with Gasteiger partial charge in [-0.25, -0.2) is 9.31 Å². The van der Waals surface area contributed by atoms with Crippen LogP contribution in [0.15, 0.2) is 28.9 Å². The Kier molecular flexibility index (Phi) is 3.76. The SMILES string of the molecule is CCOC(=O)c1cc(-c2nc(C3(C)CCCO3)no2)c2cccnn12. The molecule has 3 aromatic rings. The second-order valence-electron chi connectivity index (χ2n) is 6.09. The highest BCUT2D eigenvalue weighted by Gasteiger charge is 2.37. The van der Waals surface area contributed by atoms with E-state index in [1.807, 2.05) is 13.0 Å². The molecule has 130 valence electrons. The van der Waals surface area contributed by atoms with Gasteiger partial charge in [0, 0.05) is 12.8 Å². The van der Waals surface area contributed by atoms with Gasteiger partial charge in [-0.3, -0.25) is 0 Å². The molecule has 1 saturated heterocycles. The molecule has 0 bridgehead atoms. The number of carbonyl (C=O) groups excluding carboxylic acids is 1. The zero-order valence-corrected chi connectivity index (χ0v) is 14.1. The van der Waals surface area contributed by atoms with Crippen molar-refractivity contribution in [2.45, 2.75) is 32.3 Å². The summed E-state index contributed by atoms with van der Waals surface area (Å²) in [4.78, 5) is 16.7. The minimum absolute atomic E-state index is 0.286. The van der Waals surface area contributed by atoms with Crippen LogP contribution in [0.4, 0.5) is 0 Å². The summed E-state index contributed by atoms with van der Waals surface area (Å²) < 4.78 is 17.8. The van der Waals surface area contributed by atoms with E-state index in [4.69, 9.17) is 14.0 Å². The van der Waals surface area contributed by atoms with Crippen LogP contribution in [-0.2, 0) is 15.1 Å². The Morgan fingerprint density at radius 3 is 3.12 bits per heavy atom. The predicted octanol–water partition coefficient (Wildman–Crippen LogP) is 2.59. The van der Waals surface area contributed by atoms with Crippen LogP contribution in [0.2, 0.25) is 0 Å². The number of nitrogens with zero attached hydrogens (tertiary/aromatic N) is 4. The molecule has 0 saturated carbocycles. The van der Waals surface area contributed by atoms with Crippen molar-refractivity contribution >= 4 is 11.5 Å². The van der Waals surface area contributed by atoms with Crippen molar-refractivity contribution in [3.8, 4) is 11.5 Å². The highest BCUT2D eigenvalue weighted by Crippen LogP contribution is 2.35. The molecule has 0 N–H and O–H groups in total. The van der Waals surface area contributed by atoms with Crippen molar-refractivity contribution in [2.24, 2.45) is 0 Å². The maximum absolute atomic E-state index is 12.2. The first-order chi connectivity index (χ1) is 12.1. The third-order valence-corrected chi connectivity index (χ3v) is 4.37. The van der Waals surface area contributed by atoms with Crippen LogP contribution in [-0.4, -0.2) is 38.9 Å². The molecule has 0 amide bonds. The maximum Gasteiger partial charge on any atom is 0.357 e. The summed E-state index contributed by atoms with van der Waals surface area (Å²) in [6.45, 7) is 4.69. The summed E-state index contributed by atoms with van der Waals surface area (Å²) in [5, 5.41) is 8.32. The molecule has 8 heteroatoms. The molecule has 0 aliphatic carbocycles. The van der Waals surface area contributed by atoms with E-state index in [-0.39, 0.29) is 6.61 Å². The van der Waals surface area contributed by atoms with Gasteiger partial charge < -0.3 is 14.0 Å². The van der Waals surface area contributed by atoms with Gasteiger partial charge in [-0.1, -0.05) is 5.16 Å². The molecule has 1 aliphatic rings. The third kappa shape index (κ3) is 2.58. The van der Waals surface area contributed by atoms with Crippen molar-refractivity contribution in [3.63, 3.8) is 0 Å². The minimum atomic E-state index is -0.528. The maximum atomic E-state index is 12.2. The quantitative estimate of drug-likeness (QED) is 0.673. The van der Waals surface area contributed by atoms with Crippen LogP contribution in [0.25, 0.3) is 17.0 Å². The summed E-state index contributed by atoms with van der Waals surface area (Å²) >= 11 is 0. The van der Waals surface area contributed by atoms with E-state index in [1.165, 1.54) is 4.52 Å². The Morgan fingerprint density at radius 1 is 1.48 bits per heavy atom. The number of carbonyl (C=O) groups is 1. The van der Waals surface area contributed by atoms with Gasteiger partial charge >= 0.3 is 5.97 Å². The smallest absolute Gasteiger partial charge is 0.357 e. The van der Waals surface area contributed by atoms with Gasteiger partial charge in [0.25, 0.3) is 5.89 Å². The second-order valence-corrected chi connectivity index (χ2v) is 6.09. The summed E-state index contributed by atoms with van der Waals surface area (Å²) in [6.07, 6.45) is 3.41. The molecule has 1 fully saturated rings. The van der Waals surface area contributed by atoms with Crippen molar-refractivity contribution in [1.29, 1.82) is 0 Å². The largest absolute Gasteiger partial charge is 0.461 e. The Hall–Kier alpha value is -2.74. The highest BCUT2D eigenvalue weighted by atomic mass is 16.5. The van der Waals surface area contributed by atoms with Gasteiger partial charge in [-0.2, -0.15) is 10.1 Å². The number of rotatable bonds is 4. The third-order valence-electron chi connectivity index (χ3n) is 4.37. The van der Waals surface area contributed by atoms with Crippen molar-refractivity contribution in [2.75, 3.05) is 13.2 Å².